The molecular weight excluding hydrogens is 320 g/mol. The van der Waals surface area contributed by atoms with Gasteiger partial charge in [-0.2, -0.15) is 0 Å². The van der Waals surface area contributed by atoms with Crippen molar-refractivity contribution in [3.05, 3.63) is 41.2 Å². The van der Waals surface area contributed by atoms with Crippen LogP contribution in [0.15, 0.2) is 24.5 Å². The van der Waals surface area contributed by atoms with Crippen molar-refractivity contribution >= 4 is 11.9 Å². The third-order valence-corrected chi connectivity index (χ3v) is 4.24. The van der Waals surface area contributed by atoms with Crippen LogP contribution in [-0.2, 0) is 13.0 Å². The fourth-order valence-electron chi connectivity index (χ4n) is 2.93. The predicted molar refractivity (Wildman–Crippen MR) is 94.2 cm³/mol. The van der Waals surface area contributed by atoms with Crippen molar-refractivity contribution in [2.75, 3.05) is 32.6 Å². The molecule has 132 valence electrons. The third-order valence-electron chi connectivity index (χ3n) is 4.24. The summed E-state index contributed by atoms with van der Waals surface area (Å²) in [5.41, 5.74) is 2.74. The van der Waals surface area contributed by atoms with E-state index in [9.17, 15) is 4.79 Å². The fraction of sp³-hybridized carbons (Fsp3) is 0.389. The number of hydrogen-bond donors (Lipinski definition) is 1. The Bertz CT molecular complexity index is 762. The number of fused-ring (bicyclic) bond motifs is 1. The molecule has 0 saturated carbocycles. The monoisotopic (exact) mass is 342 g/mol. The molecule has 0 fully saturated rings. The number of nitrogens with one attached hydrogen (secondary N) is 1. The van der Waals surface area contributed by atoms with Crippen LogP contribution in [0.25, 0.3) is 0 Å². The number of anilines is 1. The van der Waals surface area contributed by atoms with Gasteiger partial charge in [-0.3, -0.25) is 4.79 Å². The fourth-order valence-corrected chi connectivity index (χ4v) is 2.93. The number of ether oxygens (including phenoxy) is 2. The second kappa shape index (κ2) is 7.38. The molecule has 0 bridgehead atoms. The molecule has 2 heterocycles. The van der Waals surface area contributed by atoms with Crippen LogP contribution in [0.5, 0.6) is 11.5 Å². The van der Waals surface area contributed by atoms with Crippen molar-refractivity contribution in [3.8, 4) is 11.5 Å². The minimum Gasteiger partial charge on any atom is -0.493 e. The number of hydrogen-bond acceptors (Lipinski definition) is 6. The molecule has 0 saturated heterocycles. The minimum absolute atomic E-state index is 0.0662. The first kappa shape index (κ1) is 17.0. The van der Waals surface area contributed by atoms with Crippen molar-refractivity contribution in [1.29, 1.82) is 0 Å². The van der Waals surface area contributed by atoms with Crippen molar-refractivity contribution in [1.82, 2.24) is 14.9 Å². The summed E-state index contributed by atoms with van der Waals surface area (Å²) in [6.07, 6.45) is 3.91. The maximum atomic E-state index is 12.7. The van der Waals surface area contributed by atoms with Gasteiger partial charge in [-0.1, -0.05) is 0 Å². The van der Waals surface area contributed by atoms with E-state index in [2.05, 4.69) is 15.3 Å². The molecule has 7 nitrogen and oxygen atoms in total. The highest BCUT2D eigenvalue weighted by Crippen LogP contribution is 2.33. The summed E-state index contributed by atoms with van der Waals surface area (Å²) in [5.74, 6) is 1.85. The highest BCUT2D eigenvalue weighted by Gasteiger charge is 2.24. The number of nitrogens with zero attached hydrogens (tertiary/aromatic N) is 3. The van der Waals surface area contributed by atoms with Gasteiger partial charge in [-0.05, 0) is 36.6 Å². The van der Waals surface area contributed by atoms with Gasteiger partial charge in [0.25, 0.3) is 5.91 Å². The summed E-state index contributed by atoms with van der Waals surface area (Å²) >= 11 is 0. The number of carbonyl (C=O) groups excluding carboxylic acids is 1. The molecule has 1 aromatic carbocycles. The van der Waals surface area contributed by atoms with E-state index >= 15 is 0 Å². The summed E-state index contributed by atoms with van der Waals surface area (Å²) < 4.78 is 10.7. The highest BCUT2D eigenvalue weighted by atomic mass is 16.5. The summed E-state index contributed by atoms with van der Waals surface area (Å²) in [6, 6.07) is 3.93. The van der Waals surface area contributed by atoms with E-state index in [-0.39, 0.29) is 5.91 Å². The van der Waals surface area contributed by atoms with Crippen molar-refractivity contribution in [3.63, 3.8) is 0 Å². The predicted octanol–water partition coefficient (Wildman–Crippen LogP) is 2.12. The number of benzene rings is 1. The van der Waals surface area contributed by atoms with E-state index in [0.29, 0.717) is 36.1 Å². The van der Waals surface area contributed by atoms with Gasteiger partial charge in [0.2, 0.25) is 5.95 Å². The molecule has 0 unspecified atom stereocenters. The molecule has 0 spiro atoms. The van der Waals surface area contributed by atoms with Crippen LogP contribution in [0.3, 0.4) is 0 Å². The zero-order chi connectivity index (χ0) is 17.8. The van der Waals surface area contributed by atoms with Crippen LogP contribution in [-0.4, -0.2) is 48.1 Å². The molecule has 0 aliphatic carbocycles. The van der Waals surface area contributed by atoms with Crippen molar-refractivity contribution < 1.29 is 14.3 Å². The molecule has 7 heteroatoms. The smallest absolute Gasteiger partial charge is 0.257 e. The Hall–Kier alpha value is -2.83. The standard InChI is InChI=1S/C18H22N4O3/c1-4-19-18-20-9-14(10-21-18)17(23)22-6-5-12-7-15(24-2)16(25-3)8-13(12)11-22/h7-10H,4-6,11H2,1-3H3,(H,19,20,21). The first-order valence-corrected chi connectivity index (χ1v) is 8.25. The van der Waals surface area contributed by atoms with E-state index in [1.165, 1.54) is 5.56 Å². The van der Waals surface area contributed by atoms with Crippen LogP contribution in [0.4, 0.5) is 5.95 Å². The van der Waals surface area contributed by atoms with Crippen molar-refractivity contribution in [2.24, 2.45) is 0 Å². The Balaban J connectivity index is 1.78. The summed E-state index contributed by atoms with van der Waals surface area (Å²) in [7, 11) is 3.24. The lowest BCUT2D eigenvalue weighted by molar-refractivity contribution is 0.0733. The van der Waals surface area contributed by atoms with Crippen LogP contribution in [0, 0.1) is 0 Å². The first-order valence-electron chi connectivity index (χ1n) is 8.25. The molecule has 0 radical (unpaired) electrons. The highest BCUT2D eigenvalue weighted by molar-refractivity contribution is 5.93. The number of rotatable bonds is 5. The molecule has 1 aliphatic rings. The normalized spacial score (nSPS) is 13.2. The van der Waals surface area contributed by atoms with Gasteiger partial charge in [0.15, 0.2) is 11.5 Å². The lowest BCUT2D eigenvalue weighted by atomic mass is 9.98. The molecule has 1 aliphatic heterocycles. The maximum Gasteiger partial charge on any atom is 0.257 e. The Labute approximate surface area is 147 Å². The first-order chi connectivity index (χ1) is 12.2. The zero-order valence-electron chi connectivity index (χ0n) is 14.7. The SMILES string of the molecule is CCNc1ncc(C(=O)N2CCc3cc(OC)c(OC)cc3C2)cn1. The summed E-state index contributed by atoms with van der Waals surface area (Å²) in [5, 5.41) is 3.02. The van der Waals surface area contributed by atoms with E-state index in [1.54, 1.807) is 31.5 Å². The largest absolute Gasteiger partial charge is 0.493 e. The average Bonchev–Trinajstić information content (AvgIpc) is 2.66. The van der Waals surface area contributed by atoms with Gasteiger partial charge in [0.05, 0.1) is 19.8 Å². The van der Waals surface area contributed by atoms with E-state index in [1.807, 2.05) is 19.1 Å². The van der Waals surface area contributed by atoms with Gasteiger partial charge in [-0.15, -0.1) is 0 Å². The lowest BCUT2D eigenvalue weighted by Gasteiger charge is -2.29. The molecule has 0 atom stereocenters. The molecule has 1 amide bonds. The Morgan fingerprint density at radius 2 is 1.80 bits per heavy atom. The van der Waals surface area contributed by atoms with Gasteiger partial charge in [0.1, 0.15) is 0 Å². The second-order valence-corrected chi connectivity index (χ2v) is 5.78. The van der Waals surface area contributed by atoms with Gasteiger partial charge >= 0.3 is 0 Å². The molecule has 2 aromatic rings. The number of methoxy groups -OCH3 is 2. The van der Waals surface area contributed by atoms with Crippen molar-refractivity contribution in [2.45, 2.75) is 19.9 Å². The molecule has 3 rings (SSSR count). The second-order valence-electron chi connectivity index (χ2n) is 5.78. The summed E-state index contributed by atoms with van der Waals surface area (Å²) in [6.45, 7) is 3.89. The maximum absolute atomic E-state index is 12.7. The van der Waals surface area contributed by atoms with Gasteiger partial charge in [0, 0.05) is 32.0 Å². The molecular formula is C18H22N4O3. The zero-order valence-corrected chi connectivity index (χ0v) is 14.7. The number of amides is 1. The average molecular weight is 342 g/mol. The van der Waals surface area contributed by atoms with Crippen LogP contribution < -0.4 is 14.8 Å². The Kier molecular flexibility index (Phi) is 5.02. The molecule has 1 N–H and O–H groups in total. The quantitative estimate of drug-likeness (QED) is 0.897. The molecule has 1 aromatic heterocycles. The van der Waals surface area contributed by atoms with Gasteiger partial charge < -0.3 is 19.7 Å². The topological polar surface area (TPSA) is 76.6 Å². The van der Waals surface area contributed by atoms with E-state index < -0.39 is 0 Å². The van der Waals surface area contributed by atoms with Crippen LogP contribution in [0.2, 0.25) is 0 Å². The lowest BCUT2D eigenvalue weighted by Crippen LogP contribution is -2.36. The van der Waals surface area contributed by atoms with Crippen LogP contribution in [0.1, 0.15) is 28.4 Å². The van der Waals surface area contributed by atoms with Crippen LogP contribution >= 0.6 is 0 Å². The summed E-state index contributed by atoms with van der Waals surface area (Å²) in [4.78, 5) is 22.9. The Morgan fingerprint density at radius 3 is 2.40 bits per heavy atom. The van der Waals surface area contributed by atoms with Gasteiger partial charge in [-0.25, -0.2) is 9.97 Å². The third kappa shape index (κ3) is 3.50. The minimum atomic E-state index is -0.0662. The number of aromatic nitrogens is 2. The number of carbonyl (C=O) groups is 1. The van der Waals surface area contributed by atoms with E-state index in [0.717, 1.165) is 18.5 Å². The Morgan fingerprint density at radius 1 is 1.16 bits per heavy atom. The molecule has 25 heavy (non-hydrogen) atoms. The van der Waals surface area contributed by atoms with E-state index in [4.69, 9.17) is 9.47 Å².